The third-order valence-corrected chi connectivity index (χ3v) is 7.87. The highest BCUT2D eigenvalue weighted by atomic mass is 35.5. The molecule has 9 heteroatoms. The number of nitrogens with zero attached hydrogens (tertiary/aromatic N) is 1. The summed E-state index contributed by atoms with van der Waals surface area (Å²) in [6.07, 6.45) is 2.78. The van der Waals surface area contributed by atoms with Crippen LogP contribution in [0.15, 0.2) is 36.4 Å². The van der Waals surface area contributed by atoms with E-state index in [2.05, 4.69) is 5.32 Å². The first-order valence-corrected chi connectivity index (χ1v) is 11.7. The Morgan fingerprint density at radius 1 is 1.10 bits per heavy atom. The van der Waals surface area contributed by atoms with E-state index < -0.39 is 21.5 Å². The minimum atomic E-state index is -3.37. The highest BCUT2D eigenvalue weighted by Gasteiger charge is 2.36. The lowest BCUT2D eigenvalue weighted by molar-refractivity contribution is -0.0387. The van der Waals surface area contributed by atoms with Crippen LogP contribution in [-0.4, -0.2) is 31.7 Å². The number of sulfonamides is 1. The molecule has 0 atom stereocenters. The molecule has 1 aliphatic heterocycles. The van der Waals surface area contributed by atoms with Crippen LogP contribution in [0.25, 0.3) is 0 Å². The largest absolute Gasteiger partial charge is 0.385 e. The normalized spacial score (nSPS) is 19.6. The van der Waals surface area contributed by atoms with E-state index in [1.54, 1.807) is 24.3 Å². The Morgan fingerprint density at radius 2 is 1.86 bits per heavy atom. The lowest BCUT2D eigenvalue weighted by Crippen LogP contribution is -2.33. The number of hydrogen-bond acceptors (Lipinski definition) is 4. The van der Waals surface area contributed by atoms with E-state index in [0.29, 0.717) is 47.8 Å². The second-order valence-electron chi connectivity index (χ2n) is 7.47. The van der Waals surface area contributed by atoms with Crippen molar-refractivity contribution in [2.24, 2.45) is 0 Å². The zero-order chi connectivity index (χ0) is 20.8. The van der Waals surface area contributed by atoms with Gasteiger partial charge in [0.15, 0.2) is 0 Å². The number of rotatable bonds is 4. The number of carbonyl (C=O) groups excluding carboxylic acids is 1. The third kappa shape index (κ3) is 3.97. The predicted octanol–water partition coefficient (Wildman–Crippen LogP) is 4.16. The number of nitrogens with one attached hydrogen (secondary N) is 1. The van der Waals surface area contributed by atoms with Gasteiger partial charge >= 0.3 is 0 Å². The third-order valence-electron chi connectivity index (χ3n) is 5.46. The Kier molecular flexibility index (Phi) is 5.27. The maximum absolute atomic E-state index is 12.9. The number of halogens is 2. The fourth-order valence-corrected chi connectivity index (χ4v) is 5.70. The van der Waals surface area contributed by atoms with Gasteiger partial charge in [0.2, 0.25) is 10.0 Å². The molecule has 29 heavy (non-hydrogen) atoms. The molecule has 0 aromatic heterocycles. The topological polar surface area (TPSA) is 86.7 Å². The smallest absolute Gasteiger partial charge is 0.257 e. The molecule has 2 fully saturated rings. The Labute approximate surface area is 179 Å². The van der Waals surface area contributed by atoms with E-state index in [0.717, 1.165) is 6.42 Å². The lowest BCUT2D eigenvalue weighted by atomic mass is 9.75. The molecule has 4 rings (SSSR count). The molecule has 2 aromatic rings. The summed E-state index contributed by atoms with van der Waals surface area (Å²) in [5, 5.41) is 13.9. The van der Waals surface area contributed by atoms with Crippen molar-refractivity contribution in [3.63, 3.8) is 0 Å². The highest BCUT2D eigenvalue weighted by molar-refractivity contribution is 7.93. The minimum absolute atomic E-state index is 0.0886. The van der Waals surface area contributed by atoms with Crippen molar-refractivity contribution in [2.75, 3.05) is 21.9 Å². The van der Waals surface area contributed by atoms with Crippen molar-refractivity contribution in [1.29, 1.82) is 0 Å². The van der Waals surface area contributed by atoms with Gasteiger partial charge in [0.1, 0.15) is 0 Å². The van der Waals surface area contributed by atoms with Gasteiger partial charge in [-0.05, 0) is 67.6 Å². The van der Waals surface area contributed by atoms with Gasteiger partial charge in [0, 0.05) is 17.3 Å². The molecule has 1 saturated carbocycles. The molecule has 0 unspecified atom stereocenters. The van der Waals surface area contributed by atoms with Gasteiger partial charge < -0.3 is 10.4 Å². The van der Waals surface area contributed by atoms with Crippen LogP contribution in [0.4, 0.5) is 11.4 Å². The molecule has 1 amide bonds. The maximum atomic E-state index is 12.9. The SMILES string of the molecule is O=C(Nc1cc(Cl)cc(C2(O)CCC2)c1)c1cc(N2CCCS2(=O)=O)ccc1Cl. The quantitative estimate of drug-likeness (QED) is 0.725. The monoisotopic (exact) mass is 454 g/mol. The number of hydrogen-bond donors (Lipinski definition) is 2. The minimum Gasteiger partial charge on any atom is -0.385 e. The number of anilines is 2. The van der Waals surface area contributed by atoms with Crippen molar-refractivity contribution in [1.82, 2.24) is 0 Å². The summed E-state index contributed by atoms with van der Waals surface area (Å²) >= 11 is 12.4. The number of benzene rings is 2. The summed E-state index contributed by atoms with van der Waals surface area (Å²) in [6, 6.07) is 9.57. The molecule has 2 aromatic carbocycles. The molecule has 6 nitrogen and oxygen atoms in total. The summed E-state index contributed by atoms with van der Waals surface area (Å²) in [4.78, 5) is 12.9. The molecular formula is C20H20Cl2N2O4S. The van der Waals surface area contributed by atoms with Crippen LogP contribution < -0.4 is 9.62 Å². The van der Waals surface area contributed by atoms with Crippen LogP contribution in [0.1, 0.15) is 41.6 Å². The molecule has 1 heterocycles. The molecule has 2 aliphatic rings. The lowest BCUT2D eigenvalue weighted by Gasteiger charge is -2.37. The Hall–Kier alpha value is -1.80. The summed E-state index contributed by atoms with van der Waals surface area (Å²) < 4.78 is 25.6. The second kappa shape index (κ2) is 7.47. The van der Waals surface area contributed by atoms with Crippen LogP contribution >= 0.6 is 23.2 Å². The van der Waals surface area contributed by atoms with Crippen molar-refractivity contribution in [2.45, 2.75) is 31.3 Å². The fourth-order valence-electron chi connectivity index (χ4n) is 3.70. The van der Waals surface area contributed by atoms with E-state index in [4.69, 9.17) is 23.2 Å². The van der Waals surface area contributed by atoms with Crippen molar-refractivity contribution < 1.29 is 18.3 Å². The number of aliphatic hydroxyl groups is 1. The predicted molar refractivity (Wildman–Crippen MR) is 114 cm³/mol. The van der Waals surface area contributed by atoms with Gasteiger partial charge in [0.05, 0.1) is 27.6 Å². The van der Waals surface area contributed by atoms with E-state index >= 15 is 0 Å². The van der Waals surface area contributed by atoms with Crippen molar-refractivity contribution in [3.05, 3.63) is 57.6 Å². The Bertz CT molecular complexity index is 1080. The molecule has 0 spiro atoms. The van der Waals surface area contributed by atoms with Crippen LogP contribution in [0.3, 0.4) is 0 Å². The summed E-state index contributed by atoms with van der Waals surface area (Å²) in [5.41, 5.74) is 0.761. The number of amides is 1. The van der Waals surface area contributed by atoms with E-state index in [-0.39, 0.29) is 16.3 Å². The Morgan fingerprint density at radius 3 is 2.48 bits per heavy atom. The molecule has 0 bridgehead atoms. The van der Waals surface area contributed by atoms with Crippen LogP contribution in [-0.2, 0) is 15.6 Å². The molecule has 2 N–H and O–H groups in total. The van der Waals surface area contributed by atoms with E-state index in [1.165, 1.54) is 16.4 Å². The van der Waals surface area contributed by atoms with Crippen LogP contribution in [0, 0.1) is 0 Å². The average Bonchev–Trinajstić information content (AvgIpc) is 2.98. The first-order chi connectivity index (χ1) is 13.7. The van der Waals surface area contributed by atoms with Gasteiger partial charge in [-0.25, -0.2) is 8.42 Å². The van der Waals surface area contributed by atoms with Gasteiger partial charge in [-0.2, -0.15) is 0 Å². The standard InChI is InChI=1S/C20H20Cl2N2O4S/c21-14-9-13(20(26)5-1-6-20)10-15(11-14)23-19(25)17-12-16(3-4-18(17)22)24-7-2-8-29(24,27)28/h3-4,9-12,26H,1-2,5-8H2,(H,23,25). The molecule has 0 radical (unpaired) electrons. The van der Waals surface area contributed by atoms with Crippen molar-refractivity contribution in [3.8, 4) is 0 Å². The Balaban J connectivity index is 1.61. The molecule has 1 aliphatic carbocycles. The van der Waals surface area contributed by atoms with Crippen molar-refractivity contribution >= 4 is 50.5 Å². The highest BCUT2D eigenvalue weighted by Crippen LogP contribution is 2.42. The van der Waals surface area contributed by atoms with E-state index in [1.807, 2.05) is 0 Å². The molecular weight excluding hydrogens is 435 g/mol. The zero-order valence-electron chi connectivity index (χ0n) is 15.5. The van der Waals surface area contributed by atoms with Gasteiger partial charge in [-0.3, -0.25) is 9.10 Å². The fraction of sp³-hybridized carbons (Fsp3) is 0.350. The van der Waals surface area contributed by atoms with Gasteiger partial charge in [-0.1, -0.05) is 23.2 Å². The van der Waals surface area contributed by atoms with E-state index in [9.17, 15) is 18.3 Å². The summed E-state index contributed by atoms with van der Waals surface area (Å²) in [7, 11) is -3.37. The second-order valence-corrected chi connectivity index (χ2v) is 10.3. The molecule has 154 valence electrons. The first kappa shape index (κ1) is 20.5. The number of carbonyl (C=O) groups is 1. The molecule has 1 saturated heterocycles. The first-order valence-electron chi connectivity index (χ1n) is 9.33. The summed E-state index contributed by atoms with van der Waals surface area (Å²) in [5.74, 6) is -0.395. The average molecular weight is 455 g/mol. The summed E-state index contributed by atoms with van der Waals surface area (Å²) in [6.45, 7) is 0.376. The van der Waals surface area contributed by atoms with Crippen LogP contribution in [0.2, 0.25) is 10.0 Å². The van der Waals surface area contributed by atoms with Crippen LogP contribution in [0.5, 0.6) is 0 Å². The van der Waals surface area contributed by atoms with Gasteiger partial charge in [-0.15, -0.1) is 0 Å². The van der Waals surface area contributed by atoms with Gasteiger partial charge in [0.25, 0.3) is 5.91 Å². The zero-order valence-corrected chi connectivity index (χ0v) is 17.8. The maximum Gasteiger partial charge on any atom is 0.257 e.